The lowest BCUT2D eigenvalue weighted by molar-refractivity contribution is -0.133. The van der Waals surface area contributed by atoms with E-state index in [0.29, 0.717) is 5.56 Å². The number of aliphatic hydroxyl groups excluding tert-OH is 1. The van der Waals surface area contributed by atoms with Crippen molar-refractivity contribution in [2.45, 2.75) is 58.5 Å². The molecular weight excluding hydrogens is 626 g/mol. The summed E-state index contributed by atoms with van der Waals surface area (Å²) in [5.74, 6) is -2.92. The monoisotopic (exact) mass is 675 g/mol. The Kier molecular flexibility index (Phi) is 14.7. The molecule has 0 saturated heterocycles. The van der Waals surface area contributed by atoms with Gasteiger partial charge in [-0.2, -0.15) is 0 Å². The standard InChI is InChI=1S/C37H49N5O7/c1-23(2)32(39-36(46)48-5)34(44)30(31(38)28-15-11-8-12-16-28)29(43)22-42(41-35(45)33(24(3)4)40-37(47)49-6)21-25-17-19-27(20-18-25)26-13-9-7-10-14-26/h7-20,23-24,29-33,43H,21-22,38H2,1-6H3,(H,39,46)(H,40,47)(H,41,45)/t29-,30-,31?,32+,33+/m1/s1. The first-order valence-corrected chi connectivity index (χ1v) is 16.3. The first-order chi connectivity index (χ1) is 23.4. The van der Waals surface area contributed by atoms with Crippen LogP contribution < -0.4 is 21.8 Å². The van der Waals surface area contributed by atoms with E-state index in [4.69, 9.17) is 15.2 Å². The second-order valence-electron chi connectivity index (χ2n) is 12.6. The number of hydrogen-bond acceptors (Lipinski definition) is 9. The predicted octanol–water partition coefficient (Wildman–Crippen LogP) is 4.19. The Morgan fingerprint density at radius 1 is 0.735 bits per heavy atom. The van der Waals surface area contributed by atoms with Crippen molar-refractivity contribution in [3.63, 3.8) is 0 Å². The minimum Gasteiger partial charge on any atom is -0.453 e. The molecule has 12 nitrogen and oxygen atoms in total. The van der Waals surface area contributed by atoms with Crippen molar-refractivity contribution in [3.8, 4) is 11.1 Å². The molecule has 5 atom stereocenters. The van der Waals surface area contributed by atoms with Gasteiger partial charge in [0.15, 0.2) is 5.78 Å². The Balaban J connectivity index is 1.99. The maximum absolute atomic E-state index is 14.2. The second kappa shape index (κ2) is 18.7. The zero-order valence-electron chi connectivity index (χ0n) is 29.0. The highest BCUT2D eigenvalue weighted by atomic mass is 16.5. The van der Waals surface area contributed by atoms with Crippen LogP contribution in [0, 0.1) is 17.8 Å². The smallest absolute Gasteiger partial charge is 0.407 e. The average Bonchev–Trinajstić information content (AvgIpc) is 3.09. The summed E-state index contributed by atoms with van der Waals surface area (Å²) in [6, 6.07) is 23.5. The van der Waals surface area contributed by atoms with Crippen molar-refractivity contribution in [2.75, 3.05) is 20.8 Å². The van der Waals surface area contributed by atoms with Crippen LogP contribution in [0.15, 0.2) is 84.9 Å². The molecule has 0 aliphatic carbocycles. The number of carbonyl (C=O) groups excluding carboxylic acids is 4. The molecule has 0 fully saturated rings. The van der Waals surface area contributed by atoms with Crippen LogP contribution in [0.5, 0.6) is 0 Å². The van der Waals surface area contributed by atoms with Crippen LogP contribution in [0.25, 0.3) is 11.1 Å². The van der Waals surface area contributed by atoms with Crippen molar-refractivity contribution >= 4 is 23.9 Å². The van der Waals surface area contributed by atoms with Gasteiger partial charge in [0.2, 0.25) is 0 Å². The topological polar surface area (TPSA) is 172 Å². The van der Waals surface area contributed by atoms with E-state index in [1.807, 2.05) is 60.7 Å². The molecule has 3 amide bonds. The van der Waals surface area contributed by atoms with E-state index in [0.717, 1.165) is 16.7 Å². The third kappa shape index (κ3) is 11.1. The lowest BCUT2D eigenvalue weighted by Crippen LogP contribution is -2.57. The molecule has 3 rings (SSSR count). The van der Waals surface area contributed by atoms with Gasteiger partial charge in [-0.15, -0.1) is 0 Å². The van der Waals surface area contributed by atoms with Crippen LogP contribution in [0.4, 0.5) is 9.59 Å². The van der Waals surface area contributed by atoms with Crippen molar-refractivity contribution < 1.29 is 33.8 Å². The number of rotatable bonds is 16. The van der Waals surface area contributed by atoms with Crippen LogP contribution in [0.2, 0.25) is 0 Å². The van der Waals surface area contributed by atoms with Gasteiger partial charge in [0, 0.05) is 19.1 Å². The van der Waals surface area contributed by atoms with Gasteiger partial charge in [0.1, 0.15) is 6.04 Å². The fraction of sp³-hybridized carbons (Fsp3) is 0.405. The molecule has 6 N–H and O–H groups in total. The fourth-order valence-corrected chi connectivity index (χ4v) is 5.54. The Morgan fingerprint density at radius 3 is 1.73 bits per heavy atom. The lowest BCUT2D eigenvalue weighted by atomic mass is 9.80. The number of ketones is 1. The number of aliphatic hydroxyl groups is 1. The Hall–Kier alpha value is -4.78. The number of nitrogens with one attached hydrogen (secondary N) is 3. The number of nitrogens with two attached hydrogens (primary N) is 1. The molecule has 0 spiro atoms. The molecule has 0 aromatic heterocycles. The largest absolute Gasteiger partial charge is 0.453 e. The average molecular weight is 676 g/mol. The minimum absolute atomic E-state index is 0.135. The molecule has 0 radical (unpaired) electrons. The summed E-state index contributed by atoms with van der Waals surface area (Å²) in [4.78, 5) is 52.1. The maximum atomic E-state index is 14.2. The number of ether oxygens (including phenoxy) is 2. The van der Waals surface area contributed by atoms with Gasteiger partial charge in [-0.25, -0.2) is 14.6 Å². The number of alkyl carbamates (subject to hydrolysis) is 2. The Labute approximate surface area is 288 Å². The van der Waals surface area contributed by atoms with Crippen molar-refractivity contribution in [3.05, 3.63) is 96.1 Å². The highest BCUT2D eigenvalue weighted by Gasteiger charge is 2.40. The second-order valence-corrected chi connectivity index (χ2v) is 12.6. The summed E-state index contributed by atoms with van der Waals surface area (Å²) in [6.45, 7) is 6.99. The van der Waals surface area contributed by atoms with Crippen LogP contribution >= 0.6 is 0 Å². The molecule has 3 aromatic rings. The van der Waals surface area contributed by atoms with Crippen molar-refractivity contribution in [1.82, 2.24) is 21.1 Å². The van der Waals surface area contributed by atoms with Crippen molar-refractivity contribution in [2.24, 2.45) is 23.5 Å². The first kappa shape index (κ1) is 38.7. The quantitative estimate of drug-likeness (QED) is 0.140. The van der Waals surface area contributed by atoms with Crippen LogP contribution in [0.1, 0.15) is 44.9 Å². The molecular formula is C37H49N5O7. The molecule has 1 unspecified atom stereocenters. The van der Waals surface area contributed by atoms with Crippen LogP contribution in [-0.4, -0.2) is 72.9 Å². The summed E-state index contributed by atoms with van der Waals surface area (Å²) in [5, 5.41) is 18.5. The molecule has 0 heterocycles. The summed E-state index contributed by atoms with van der Waals surface area (Å²) < 4.78 is 9.49. The van der Waals surface area contributed by atoms with E-state index in [9.17, 15) is 24.3 Å². The Morgan fingerprint density at radius 2 is 1.22 bits per heavy atom. The number of nitrogens with zero attached hydrogens (tertiary/aromatic N) is 1. The molecule has 12 heteroatoms. The summed E-state index contributed by atoms with van der Waals surface area (Å²) >= 11 is 0. The van der Waals surface area contributed by atoms with Gasteiger partial charge in [-0.3, -0.25) is 15.0 Å². The molecule has 0 saturated carbocycles. The molecule has 49 heavy (non-hydrogen) atoms. The summed E-state index contributed by atoms with van der Waals surface area (Å²) in [7, 11) is 2.41. The van der Waals surface area contributed by atoms with Gasteiger partial charge in [0.25, 0.3) is 5.91 Å². The van der Waals surface area contributed by atoms with Gasteiger partial charge in [-0.05, 0) is 34.1 Å². The zero-order chi connectivity index (χ0) is 36.1. The number of hydrogen-bond donors (Lipinski definition) is 5. The van der Waals surface area contributed by atoms with E-state index in [1.54, 1.807) is 52.0 Å². The van der Waals surface area contributed by atoms with E-state index in [2.05, 4.69) is 16.1 Å². The van der Waals surface area contributed by atoms with Crippen molar-refractivity contribution in [1.29, 1.82) is 0 Å². The molecule has 0 aliphatic rings. The van der Waals surface area contributed by atoms with Crippen LogP contribution in [-0.2, 0) is 25.6 Å². The highest BCUT2D eigenvalue weighted by molar-refractivity contribution is 5.90. The number of amides is 3. The Bertz CT molecular complexity index is 1500. The van der Waals surface area contributed by atoms with Gasteiger partial charge in [-0.1, -0.05) is 113 Å². The maximum Gasteiger partial charge on any atom is 0.407 e. The number of Topliss-reactive ketones (excluding diaryl/α,β-unsaturated/α-hetero) is 1. The summed E-state index contributed by atoms with van der Waals surface area (Å²) in [5.41, 5.74) is 13.0. The number of benzene rings is 3. The third-order valence-electron chi connectivity index (χ3n) is 8.26. The van der Waals surface area contributed by atoms with Gasteiger partial charge in [0.05, 0.1) is 32.3 Å². The normalized spacial score (nSPS) is 14.3. The van der Waals surface area contributed by atoms with E-state index in [1.165, 1.54) is 19.2 Å². The molecule has 3 aromatic carbocycles. The van der Waals surface area contributed by atoms with E-state index >= 15 is 0 Å². The fourth-order valence-electron chi connectivity index (χ4n) is 5.54. The van der Waals surface area contributed by atoms with Crippen LogP contribution in [0.3, 0.4) is 0 Å². The number of methoxy groups -OCH3 is 2. The number of hydrazine groups is 1. The molecule has 264 valence electrons. The lowest BCUT2D eigenvalue weighted by Gasteiger charge is -2.35. The van der Waals surface area contributed by atoms with E-state index < -0.39 is 54.0 Å². The summed E-state index contributed by atoms with van der Waals surface area (Å²) in [6.07, 6.45) is -2.98. The van der Waals surface area contributed by atoms with Gasteiger partial charge < -0.3 is 30.9 Å². The highest BCUT2D eigenvalue weighted by Crippen LogP contribution is 2.28. The first-order valence-electron chi connectivity index (χ1n) is 16.3. The predicted molar refractivity (Wildman–Crippen MR) is 187 cm³/mol. The molecule has 0 bridgehead atoms. The SMILES string of the molecule is COC(=O)N[C@H](C(=O)NN(Cc1ccc(-c2ccccc2)cc1)C[C@@H](O)[C@@H](C(=O)[C@@H](NC(=O)OC)C(C)C)C(N)c1ccccc1)C(C)C. The third-order valence-corrected chi connectivity index (χ3v) is 8.26. The number of carbonyl (C=O) groups is 4. The van der Waals surface area contributed by atoms with Gasteiger partial charge >= 0.3 is 12.2 Å². The zero-order valence-corrected chi connectivity index (χ0v) is 29.0. The molecule has 0 aliphatic heterocycles. The van der Waals surface area contributed by atoms with E-state index in [-0.39, 0.29) is 24.9 Å². The minimum atomic E-state index is -1.42.